The Labute approximate surface area is 116 Å². The first-order valence-corrected chi connectivity index (χ1v) is 7.41. The zero-order valence-electron chi connectivity index (χ0n) is 11.6. The quantitative estimate of drug-likeness (QED) is 0.668. The molecule has 1 aromatic carbocycles. The molecule has 1 saturated heterocycles. The van der Waals surface area contributed by atoms with E-state index in [0.29, 0.717) is 5.54 Å². The summed E-state index contributed by atoms with van der Waals surface area (Å²) in [5.74, 6) is 0. The molecule has 3 N–H and O–H groups in total. The van der Waals surface area contributed by atoms with Gasteiger partial charge >= 0.3 is 28.9 Å². The summed E-state index contributed by atoms with van der Waals surface area (Å²) in [5, 5.41) is 0. The second-order valence-electron chi connectivity index (χ2n) is 5.76. The summed E-state index contributed by atoms with van der Waals surface area (Å²) in [7, 11) is -1.82. The van der Waals surface area contributed by atoms with Crippen molar-refractivity contribution >= 4 is 0 Å². The van der Waals surface area contributed by atoms with E-state index >= 15 is 0 Å². The normalized spacial score (nSPS) is 25.8. The Hall–Kier alpha value is -0.690. The van der Waals surface area contributed by atoms with Gasteiger partial charge in [0.15, 0.2) is 0 Å². The number of benzene rings is 1. The third-order valence-corrected chi connectivity index (χ3v) is 4.05. The van der Waals surface area contributed by atoms with Gasteiger partial charge in [-0.15, -0.1) is 0 Å². The van der Waals surface area contributed by atoms with Crippen molar-refractivity contribution < 1.29 is 33.4 Å². The topological polar surface area (TPSA) is 83.8 Å². The maximum atomic E-state index is 8.83. The molecule has 0 saturated carbocycles. The number of hydrogen-bond donors (Lipinski definition) is 3. The molecule has 0 amide bonds. The van der Waals surface area contributed by atoms with Crippen LogP contribution in [0.5, 0.6) is 0 Å². The van der Waals surface area contributed by atoms with Crippen molar-refractivity contribution in [1.82, 2.24) is 0 Å². The van der Waals surface area contributed by atoms with Crippen LogP contribution in [0.2, 0.25) is 0 Å². The molecule has 0 aromatic heterocycles. The fourth-order valence-electron chi connectivity index (χ4n) is 2.22. The van der Waals surface area contributed by atoms with E-state index in [1.165, 1.54) is 29.6 Å². The first-order chi connectivity index (χ1) is 8.54. The average molecular weight is 293 g/mol. The Balaban J connectivity index is 0.000000312. The molecule has 1 fully saturated rings. The van der Waals surface area contributed by atoms with Crippen LogP contribution in [0.1, 0.15) is 25.8 Å². The molecular weight excluding hydrogens is 270 g/mol. The third kappa shape index (κ3) is 5.06. The van der Waals surface area contributed by atoms with Crippen LogP contribution >= 0.6 is 0 Å². The third-order valence-electron chi connectivity index (χ3n) is 4.05. The molecular formula is C13H23ClNO4+. The summed E-state index contributed by atoms with van der Waals surface area (Å²) in [6.45, 7) is 7.24. The van der Waals surface area contributed by atoms with Gasteiger partial charge in [0.1, 0.15) is 6.54 Å². The zero-order chi connectivity index (χ0) is 14.7. The predicted octanol–water partition coefficient (Wildman–Crippen LogP) is -0.0445. The molecule has 5 nitrogen and oxygen atoms in total. The zero-order valence-corrected chi connectivity index (χ0v) is 12.3. The molecule has 1 aliphatic rings. The molecule has 1 heterocycles. The SMILES string of the molecule is CC1(C)CC[N+]1(C)Cc1ccccc1.[O-][Cl+](O)(O)O. The van der Waals surface area contributed by atoms with E-state index < -0.39 is 10.2 Å². The van der Waals surface area contributed by atoms with E-state index in [1.54, 1.807) is 0 Å². The van der Waals surface area contributed by atoms with Crippen LogP contribution in [-0.4, -0.2) is 37.6 Å². The van der Waals surface area contributed by atoms with E-state index in [2.05, 4.69) is 51.2 Å². The van der Waals surface area contributed by atoms with Gasteiger partial charge in [0.25, 0.3) is 0 Å². The van der Waals surface area contributed by atoms with Gasteiger partial charge in [0.05, 0.1) is 25.6 Å². The molecule has 0 radical (unpaired) electrons. The first kappa shape index (κ1) is 16.4. The molecule has 1 atom stereocenters. The molecule has 1 aliphatic heterocycles. The van der Waals surface area contributed by atoms with Gasteiger partial charge < -0.3 is 4.48 Å². The summed E-state index contributed by atoms with van der Waals surface area (Å²) in [4.78, 5) is 0. The van der Waals surface area contributed by atoms with Crippen molar-refractivity contribution in [3.63, 3.8) is 0 Å². The Bertz CT molecular complexity index is 399. The fourth-order valence-corrected chi connectivity index (χ4v) is 2.22. The van der Waals surface area contributed by atoms with Crippen LogP contribution in [-0.2, 0) is 6.54 Å². The van der Waals surface area contributed by atoms with E-state index in [9.17, 15) is 0 Å². The molecule has 2 rings (SSSR count). The van der Waals surface area contributed by atoms with E-state index in [1.807, 2.05) is 0 Å². The van der Waals surface area contributed by atoms with Crippen LogP contribution in [0, 0.1) is 10.2 Å². The molecule has 6 heteroatoms. The van der Waals surface area contributed by atoms with Crippen molar-refractivity contribution in [3.05, 3.63) is 35.9 Å². The van der Waals surface area contributed by atoms with Gasteiger partial charge in [0, 0.05) is 5.56 Å². The van der Waals surface area contributed by atoms with E-state index in [0.717, 1.165) is 0 Å². The van der Waals surface area contributed by atoms with Gasteiger partial charge in [-0.3, -0.25) is 0 Å². The monoisotopic (exact) mass is 292 g/mol. The van der Waals surface area contributed by atoms with Crippen molar-refractivity contribution in [2.24, 2.45) is 0 Å². The molecule has 0 bridgehead atoms. The minimum absolute atomic E-state index is 0.468. The number of likely N-dealkylation sites (tertiary alicyclic amines) is 1. The number of nitrogens with zero attached hydrogens (tertiary/aromatic N) is 1. The van der Waals surface area contributed by atoms with Gasteiger partial charge in [-0.2, -0.15) is 0 Å². The maximum absolute atomic E-state index is 8.83. The summed E-state index contributed by atoms with van der Waals surface area (Å²) < 4.78 is 31.4. The molecule has 0 aliphatic carbocycles. The Morgan fingerprint density at radius 1 is 1.21 bits per heavy atom. The summed E-state index contributed by atoms with van der Waals surface area (Å²) in [5.41, 5.74) is 1.93. The minimum atomic E-state index is -4.19. The van der Waals surface area contributed by atoms with Crippen LogP contribution in [0.15, 0.2) is 30.3 Å². The number of quaternary nitrogens is 1. The van der Waals surface area contributed by atoms with Gasteiger partial charge in [-0.25, -0.2) is 0 Å². The summed E-state index contributed by atoms with van der Waals surface area (Å²) in [6.07, 6.45) is 1.36. The van der Waals surface area contributed by atoms with Crippen LogP contribution < -0.4 is 4.66 Å². The second kappa shape index (κ2) is 5.75. The molecule has 1 aromatic rings. The van der Waals surface area contributed by atoms with Crippen molar-refractivity contribution in [3.8, 4) is 0 Å². The van der Waals surface area contributed by atoms with Crippen molar-refractivity contribution in [2.75, 3.05) is 13.6 Å². The fraction of sp³-hybridized carbons (Fsp3) is 0.538. The Kier molecular flexibility index (Phi) is 4.95. The Morgan fingerprint density at radius 2 is 1.68 bits per heavy atom. The Morgan fingerprint density at radius 3 is 2.00 bits per heavy atom. The van der Waals surface area contributed by atoms with Crippen LogP contribution in [0.4, 0.5) is 0 Å². The standard InChI is InChI=1S/C13H20N.ClH3O4/c1-13(2)9-10-14(13,3)11-12-7-5-4-6-8-12;2-1(3,4)5/h4-8H,9-11H2,1-3H3;2-4H/q+1;. The molecule has 110 valence electrons. The predicted molar refractivity (Wildman–Crippen MR) is 66.5 cm³/mol. The average Bonchev–Trinajstić information content (AvgIpc) is 2.26. The van der Waals surface area contributed by atoms with E-state index in [4.69, 9.17) is 18.6 Å². The summed E-state index contributed by atoms with van der Waals surface area (Å²) >= 11 is 0. The van der Waals surface area contributed by atoms with Crippen molar-refractivity contribution in [2.45, 2.75) is 32.4 Å². The molecule has 0 spiro atoms. The molecule has 19 heavy (non-hydrogen) atoms. The van der Waals surface area contributed by atoms with Gasteiger partial charge in [0.2, 0.25) is 0 Å². The van der Waals surface area contributed by atoms with Crippen LogP contribution in [0.3, 0.4) is 0 Å². The molecule has 1 unspecified atom stereocenters. The summed E-state index contributed by atoms with van der Waals surface area (Å²) in [6, 6.07) is 10.8. The van der Waals surface area contributed by atoms with Gasteiger partial charge in [-0.1, -0.05) is 30.3 Å². The van der Waals surface area contributed by atoms with Gasteiger partial charge in [-0.05, 0) is 13.8 Å². The number of hydrogen-bond acceptors (Lipinski definition) is 4. The number of rotatable bonds is 2. The van der Waals surface area contributed by atoms with Crippen LogP contribution in [0.25, 0.3) is 0 Å². The first-order valence-electron chi connectivity index (χ1n) is 6.08. The number of halogens is 1. The van der Waals surface area contributed by atoms with Crippen molar-refractivity contribution in [1.29, 1.82) is 0 Å². The van der Waals surface area contributed by atoms with E-state index in [-0.39, 0.29) is 0 Å². The second-order valence-corrected chi connectivity index (χ2v) is 6.63.